The third kappa shape index (κ3) is 3.62. The second-order valence-corrected chi connectivity index (χ2v) is 7.64. The molecule has 2 rings (SSSR count). The summed E-state index contributed by atoms with van der Waals surface area (Å²) in [6, 6.07) is 0.263. The van der Waals surface area contributed by atoms with Crippen LogP contribution in [0.15, 0.2) is 5.38 Å². The van der Waals surface area contributed by atoms with E-state index < -0.39 is 0 Å². The highest BCUT2D eigenvalue weighted by atomic mass is 32.1. The molecule has 0 bridgehead atoms. The summed E-state index contributed by atoms with van der Waals surface area (Å²) in [6.45, 7) is 11.7. The van der Waals surface area contributed by atoms with Crippen LogP contribution in [0.3, 0.4) is 0 Å². The van der Waals surface area contributed by atoms with Gasteiger partial charge in [-0.3, -0.25) is 0 Å². The third-order valence-electron chi connectivity index (χ3n) is 3.15. The van der Waals surface area contributed by atoms with Crippen LogP contribution in [0.2, 0.25) is 0 Å². The SMILES string of the molecule is CCNC(Cc1nc(C(C)(C)C)cs1)c1snnc1C. The summed E-state index contributed by atoms with van der Waals surface area (Å²) < 4.78 is 4.05. The molecule has 0 saturated carbocycles. The molecule has 2 heterocycles. The average molecular weight is 310 g/mol. The van der Waals surface area contributed by atoms with E-state index in [9.17, 15) is 0 Å². The molecule has 1 N–H and O–H groups in total. The minimum absolute atomic E-state index is 0.115. The number of nitrogens with one attached hydrogen (secondary N) is 1. The molecule has 2 aromatic heterocycles. The van der Waals surface area contributed by atoms with Gasteiger partial charge in [0.15, 0.2) is 0 Å². The van der Waals surface area contributed by atoms with Gasteiger partial charge < -0.3 is 5.32 Å². The molecular formula is C14H22N4S2. The fourth-order valence-corrected chi connectivity index (χ4v) is 3.77. The normalized spacial score (nSPS) is 13.7. The van der Waals surface area contributed by atoms with Gasteiger partial charge in [0.05, 0.1) is 27.3 Å². The second-order valence-electron chi connectivity index (χ2n) is 5.91. The van der Waals surface area contributed by atoms with E-state index in [0.29, 0.717) is 0 Å². The molecule has 0 aliphatic heterocycles. The largest absolute Gasteiger partial charge is 0.309 e. The summed E-state index contributed by atoms with van der Waals surface area (Å²) in [5, 5.41) is 11.0. The lowest BCUT2D eigenvalue weighted by molar-refractivity contribution is 0.543. The van der Waals surface area contributed by atoms with Gasteiger partial charge in [0.2, 0.25) is 0 Å². The highest BCUT2D eigenvalue weighted by molar-refractivity contribution is 7.09. The maximum absolute atomic E-state index is 4.79. The van der Waals surface area contributed by atoms with Gasteiger partial charge in [-0.05, 0) is 25.0 Å². The van der Waals surface area contributed by atoms with Crippen LogP contribution in [0, 0.1) is 6.92 Å². The molecule has 110 valence electrons. The van der Waals surface area contributed by atoms with Crippen LogP contribution in [0.25, 0.3) is 0 Å². The first-order chi connectivity index (χ1) is 9.41. The van der Waals surface area contributed by atoms with Crippen molar-refractivity contribution in [3.63, 3.8) is 0 Å². The Balaban J connectivity index is 2.17. The smallest absolute Gasteiger partial charge is 0.0947 e. The van der Waals surface area contributed by atoms with Gasteiger partial charge in [-0.25, -0.2) is 4.98 Å². The summed E-state index contributed by atoms with van der Waals surface area (Å²) in [6.07, 6.45) is 0.902. The molecule has 20 heavy (non-hydrogen) atoms. The van der Waals surface area contributed by atoms with E-state index in [0.717, 1.165) is 18.7 Å². The highest BCUT2D eigenvalue weighted by Gasteiger charge is 2.21. The second kappa shape index (κ2) is 6.28. The Bertz CT molecular complexity index is 554. The predicted octanol–water partition coefficient (Wildman–Crippen LogP) is 3.49. The molecule has 2 aromatic rings. The van der Waals surface area contributed by atoms with Gasteiger partial charge in [0, 0.05) is 17.2 Å². The van der Waals surface area contributed by atoms with Crippen molar-refractivity contribution in [2.24, 2.45) is 0 Å². The molecule has 6 heteroatoms. The van der Waals surface area contributed by atoms with Crippen molar-refractivity contribution in [3.05, 3.63) is 26.7 Å². The fourth-order valence-electron chi connectivity index (χ4n) is 1.98. The van der Waals surface area contributed by atoms with E-state index >= 15 is 0 Å². The lowest BCUT2D eigenvalue weighted by Gasteiger charge is -2.16. The monoisotopic (exact) mass is 310 g/mol. The van der Waals surface area contributed by atoms with Crippen LogP contribution in [0.1, 0.15) is 55.0 Å². The number of nitrogens with zero attached hydrogens (tertiary/aromatic N) is 3. The molecule has 0 fully saturated rings. The Morgan fingerprint density at radius 1 is 1.35 bits per heavy atom. The third-order valence-corrected chi connectivity index (χ3v) is 4.96. The summed E-state index contributed by atoms with van der Waals surface area (Å²) in [4.78, 5) is 6.01. The topological polar surface area (TPSA) is 50.7 Å². The van der Waals surface area contributed by atoms with Crippen molar-refractivity contribution in [1.82, 2.24) is 19.9 Å². The van der Waals surface area contributed by atoms with E-state index in [2.05, 4.69) is 48.0 Å². The minimum atomic E-state index is 0.115. The minimum Gasteiger partial charge on any atom is -0.309 e. The molecule has 0 saturated heterocycles. The molecule has 1 atom stereocenters. The molecule has 1 unspecified atom stereocenters. The Morgan fingerprint density at radius 3 is 2.60 bits per heavy atom. The van der Waals surface area contributed by atoms with Crippen molar-refractivity contribution < 1.29 is 0 Å². The predicted molar refractivity (Wildman–Crippen MR) is 85.6 cm³/mol. The number of hydrogen-bond acceptors (Lipinski definition) is 6. The molecule has 4 nitrogen and oxygen atoms in total. The molecule has 0 amide bonds. The van der Waals surface area contributed by atoms with Crippen LogP contribution in [0.4, 0.5) is 0 Å². The van der Waals surface area contributed by atoms with Crippen LogP contribution < -0.4 is 5.32 Å². The first-order valence-corrected chi connectivity index (χ1v) is 8.54. The van der Waals surface area contributed by atoms with Crippen LogP contribution in [0.5, 0.6) is 0 Å². The standard InChI is InChI=1S/C14H22N4S2/c1-6-15-10(13-9(2)17-18-20-13)7-12-16-11(8-19-12)14(3,4)5/h8,10,15H,6-7H2,1-5H3. The summed E-state index contributed by atoms with van der Waals surface area (Å²) in [5.41, 5.74) is 2.31. The Morgan fingerprint density at radius 2 is 2.10 bits per heavy atom. The van der Waals surface area contributed by atoms with E-state index in [1.54, 1.807) is 11.3 Å². The van der Waals surface area contributed by atoms with Gasteiger partial charge in [-0.2, -0.15) is 0 Å². The molecule has 0 aliphatic rings. The molecule has 0 radical (unpaired) electrons. The number of likely N-dealkylation sites (N-methyl/N-ethyl adjacent to an activating group) is 1. The maximum atomic E-state index is 4.79. The van der Waals surface area contributed by atoms with Crippen molar-refractivity contribution in [2.45, 2.75) is 52.5 Å². The van der Waals surface area contributed by atoms with Gasteiger partial charge >= 0.3 is 0 Å². The van der Waals surface area contributed by atoms with E-state index in [-0.39, 0.29) is 11.5 Å². The van der Waals surface area contributed by atoms with Gasteiger partial charge in [-0.15, -0.1) is 16.4 Å². The number of aromatic nitrogens is 3. The zero-order valence-corrected chi connectivity index (χ0v) is 14.4. The van der Waals surface area contributed by atoms with Crippen molar-refractivity contribution in [3.8, 4) is 0 Å². The lowest BCUT2D eigenvalue weighted by Crippen LogP contribution is -2.23. The lowest BCUT2D eigenvalue weighted by atomic mass is 9.93. The first-order valence-electron chi connectivity index (χ1n) is 6.89. The number of thiazole rings is 1. The van der Waals surface area contributed by atoms with Crippen molar-refractivity contribution in [2.75, 3.05) is 6.54 Å². The summed E-state index contributed by atoms with van der Waals surface area (Å²) in [5.74, 6) is 0. The van der Waals surface area contributed by atoms with Gasteiger partial charge in [0.25, 0.3) is 0 Å². The molecule has 0 aromatic carbocycles. The van der Waals surface area contributed by atoms with Gasteiger partial charge in [0.1, 0.15) is 0 Å². The molecule has 0 aliphatic carbocycles. The van der Waals surface area contributed by atoms with Crippen LogP contribution >= 0.6 is 22.9 Å². The van der Waals surface area contributed by atoms with E-state index in [1.807, 2.05) is 6.92 Å². The summed E-state index contributed by atoms with van der Waals surface area (Å²) in [7, 11) is 0. The first kappa shape index (κ1) is 15.5. The van der Waals surface area contributed by atoms with Crippen LogP contribution in [-0.2, 0) is 11.8 Å². The van der Waals surface area contributed by atoms with Crippen LogP contribution in [-0.4, -0.2) is 21.1 Å². The van der Waals surface area contributed by atoms with E-state index in [1.165, 1.54) is 27.1 Å². The molecular weight excluding hydrogens is 288 g/mol. The van der Waals surface area contributed by atoms with E-state index in [4.69, 9.17) is 4.98 Å². The average Bonchev–Trinajstić information content (AvgIpc) is 2.96. The number of hydrogen-bond donors (Lipinski definition) is 1. The van der Waals surface area contributed by atoms with Gasteiger partial charge in [-0.1, -0.05) is 32.2 Å². The van der Waals surface area contributed by atoms with Crippen molar-refractivity contribution in [1.29, 1.82) is 0 Å². The highest BCUT2D eigenvalue weighted by Crippen LogP contribution is 2.28. The summed E-state index contributed by atoms with van der Waals surface area (Å²) >= 11 is 3.23. The quantitative estimate of drug-likeness (QED) is 0.918. The number of aryl methyl sites for hydroxylation is 1. The molecule has 0 spiro atoms. The number of rotatable bonds is 5. The van der Waals surface area contributed by atoms with Crippen molar-refractivity contribution >= 4 is 22.9 Å². The Kier molecular flexibility index (Phi) is 4.88. The zero-order chi connectivity index (χ0) is 14.8. The maximum Gasteiger partial charge on any atom is 0.0947 e. The zero-order valence-electron chi connectivity index (χ0n) is 12.7. The Labute approximate surface area is 128 Å². The fraction of sp³-hybridized carbons (Fsp3) is 0.643. The Hall–Kier alpha value is -0.850.